The van der Waals surface area contributed by atoms with E-state index >= 15 is 0 Å². The first-order chi connectivity index (χ1) is 13.7. The second kappa shape index (κ2) is 7.92. The molecule has 1 amide bonds. The largest absolute Gasteiger partial charge is 0.488 e. The highest BCUT2D eigenvalue weighted by Crippen LogP contribution is 2.29. The van der Waals surface area contributed by atoms with E-state index in [4.69, 9.17) is 4.74 Å². The molecule has 0 fully saturated rings. The number of carbonyl (C=O) groups excluding carboxylic acids is 2. The number of fused-ring (bicyclic) bond motifs is 1. The number of benzene rings is 3. The smallest absolute Gasteiger partial charge is 0.251 e. The highest BCUT2D eigenvalue weighted by atomic mass is 16.5. The van der Waals surface area contributed by atoms with E-state index in [0.717, 1.165) is 11.1 Å². The number of hydrogen-bond acceptors (Lipinski definition) is 3. The Bertz CT molecular complexity index is 1040. The minimum absolute atomic E-state index is 0.109. The fourth-order valence-electron chi connectivity index (χ4n) is 3.11. The molecule has 138 valence electrons. The van der Waals surface area contributed by atoms with Crippen LogP contribution in [0.1, 0.15) is 31.8 Å². The molecule has 3 aromatic carbocycles. The summed E-state index contributed by atoms with van der Waals surface area (Å²) < 4.78 is 5.72. The summed E-state index contributed by atoms with van der Waals surface area (Å²) in [7, 11) is 0. The maximum Gasteiger partial charge on any atom is 0.251 e. The third kappa shape index (κ3) is 3.86. The fraction of sp³-hybridized carbons (Fsp3) is 0.0833. The number of carbonyl (C=O) groups is 2. The SMILES string of the molecule is O=C(NCc1ccccc1)c1ccc2c(c1)C(=O)/C(=C/c1ccccc1)CO2. The summed E-state index contributed by atoms with van der Waals surface area (Å²) >= 11 is 0. The number of nitrogens with one attached hydrogen (secondary N) is 1. The number of hydrogen-bond donors (Lipinski definition) is 1. The molecular formula is C24H19NO3. The van der Waals surface area contributed by atoms with Crippen molar-refractivity contribution in [1.82, 2.24) is 5.32 Å². The quantitative estimate of drug-likeness (QED) is 0.699. The van der Waals surface area contributed by atoms with Crippen molar-refractivity contribution in [3.63, 3.8) is 0 Å². The van der Waals surface area contributed by atoms with Gasteiger partial charge in [0.15, 0.2) is 5.78 Å². The van der Waals surface area contributed by atoms with Crippen molar-refractivity contribution in [3.8, 4) is 5.75 Å². The van der Waals surface area contributed by atoms with Crippen molar-refractivity contribution in [2.75, 3.05) is 6.61 Å². The van der Waals surface area contributed by atoms with Crippen molar-refractivity contribution in [3.05, 3.63) is 107 Å². The maximum absolute atomic E-state index is 12.9. The Hall–Kier alpha value is -3.66. The Labute approximate surface area is 163 Å². The third-order valence-electron chi connectivity index (χ3n) is 4.60. The zero-order valence-corrected chi connectivity index (χ0v) is 15.2. The molecule has 1 N–H and O–H groups in total. The van der Waals surface area contributed by atoms with Gasteiger partial charge in [0.05, 0.1) is 5.56 Å². The van der Waals surface area contributed by atoms with Crippen molar-refractivity contribution in [2.24, 2.45) is 0 Å². The molecule has 1 heterocycles. The van der Waals surface area contributed by atoms with Crippen molar-refractivity contribution >= 4 is 17.8 Å². The van der Waals surface area contributed by atoms with Crippen LogP contribution in [-0.4, -0.2) is 18.3 Å². The molecule has 1 aliphatic rings. The topological polar surface area (TPSA) is 55.4 Å². The van der Waals surface area contributed by atoms with Crippen LogP contribution in [0.4, 0.5) is 0 Å². The van der Waals surface area contributed by atoms with E-state index in [1.54, 1.807) is 18.2 Å². The van der Waals surface area contributed by atoms with E-state index in [0.29, 0.717) is 29.0 Å². The van der Waals surface area contributed by atoms with Gasteiger partial charge in [0, 0.05) is 17.7 Å². The van der Waals surface area contributed by atoms with Crippen molar-refractivity contribution in [1.29, 1.82) is 0 Å². The van der Waals surface area contributed by atoms with Gasteiger partial charge in [-0.2, -0.15) is 0 Å². The molecule has 0 saturated carbocycles. The van der Waals surface area contributed by atoms with E-state index in [-0.39, 0.29) is 18.3 Å². The summed E-state index contributed by atoms with van der Waals surface area (Å²) in [6.07, 6.45) is 1.83. The number of Topliss-reactive ketones (excluding diaryl/α,β-unsaturated/α-hetero) is 1. The average Bonchev–Trinajstić information content (AvgIpc) is 2.75. The van der Waals surface area contributed by atoms with Gasteiger partial charge in [0.1, 0.15) is 12.4 Å². The molecule has 0 saturated heterocycles. The number of amides is 1. The Kier molecular flexibility index (Phi) is 5.02. The maximum atomic E-state index is 12.9. The predicted molar refractivity (Wildman–Crippen MR) is 108 cm³/mol. The molecule has 0 aromatic heterocycles. The lowest BCUT2D eigenvalue weighted by Gasteiger charge is -2.19. The van der Waals surface area contributed by atoms with Gasteiger partial charge in [-0.3, -0.25) is 9.59 Å². The fourth-order valence-corrected chi connectivity index (χ4v) is 3.11. The molecule has 0 unspecified atom stereocenters. The van der Waals surface area contributed by atoms with E-state index in [2.05, 4.69) is 5.32 Å². The second-order valence-corrected chi connectivity index (χ2v) is 6.58. The van der Waals surface area contributed by atoms with E-state index in [1.807, 2.05) is 66.7 Å². The third-order valence-corrected chi connectivity index (χ3v) is 4.60. The zero-order chi connectivity index (χ0) is 19.3. The lowest BCUT2D eigenvalue weighted by molar-refractivity contribution is 0.0951. The molecule has 4 heteroatoms. The summed E-state index contributed by atoms with van der Waals surface area (Å²) in [4.78, 5) is 25.4. The van der Waals surface area contributed by atoms with E-state index < -0.39 is 0 Å². The predicted octanol–water partition coefficient (Wildman–Crippen LogP) is 4.28. The van der Waals surface area contributed by atoms with E-state index in [9.17, 15) is 9.59 Å². The molecule has 4 nitrogen and oxygen atoms in total. The summed E-state index contributed by atoms with van der Waals surface area (Å²) in [5.74, 6) is 0.177. The minimum atomic E-state index is -0.224. The molecule has 0 radical (unpaired) electrons. The molecule has 0 spiro atoms. The van der Waals surface area contributed by atoms with Crippen LogP contribution in [0.25, 0.3) is 6.08 Å². The lowest BCUT2D eigenvalue weighted by atomic mass is 9.96. The van der Waals surface area contributed by atoms with Gasteiger partial charge >= 0.3 is 0 Å². The normalized spacial score (nSPS) is 14.3. The molecule has 1 aliphatic heterocycles. The number of rotatable bonds is 4. The highest BCUT2D eigenvalue weighted by molar-refractivity contribution is 6.15. The van der Waals surface area contributed by atoms with Crippen molar-refractivity contribution in [2.45, 2.75) is 6.54 Å². The molecule has 3 aromatic rings. The van der Waals surface area contributed by atoms with Gasteiger partial charge in [0.2, 0.25) is 0 Å². The van der Waals surface area contributed by atoms with Crippen LogP contribution in [0, 0.1) is 0 Å². The average molecular weight is 369 g/mol. The Morgan fingerprint density at radius 2 is 1.68 bits per heavy atom. The van der Waals surface area contributed by atoms with Gasteiger partial charge in [0.25, 0.3) is 5.91 Å². The van der Waals surface area contributed by atoms with Crippen LogP contribution in [0.2, 0.25) is 0 Å². The molecule has 4 rings (SSSR count). The van der Waals surface area contributed by atoms with Crippen LogP contribution in [0.15, 0.2) is 84.4 Å². The van der Waals surface area contributed by atoms with Crippen LogP contribution in [0.5, 0.6) is 5.75 Å². The highest BCUT2D eigenvalue weighted by Gasteiger charge is 2.24. The molecule has 0 bridgehead atoms. The zero-order valence-electron chi connectivity index (χ0n) is 15.2. The minimum Gasteiger partial charge on any atom is -0.488 e. The molecule has 0 atom stereocenters. The van der Waals surface area contributed by atoms with Gasteiger partial charge < -0.3 is 10.1 Å². The van der Waals surface area contributed by atoms with Gasteiger partial charge in [-0.25, -0.2) is 0 Å². The van der Waals surface area contributed by atoms with Crippen molar-refractivity contribution < 1.29 is 14.3 Å². The lowest BCUT2D eigenvalue weighted by Crippen LogP contribution is -2.24. The van der Waals surface area contributed by atoms with Gasteiger partial charge in [-0.05, 0) is 35.4 Å². The summed E-state index contributed by atoms with van der Waals surface area (Å²) in [6, 6.07) is 24.3. The van der Waals surface area contributed by atoms with E-state index in [1.165, 1.54) is 0 Å². The Balaban J connectivity index is 1.54. The monoisotopic (exact) mass is 369 g/mol. The Morgan fingerprint density at radius 1 is 0.964 bits per heavy atom. The van der Waals surface area contributed by atoms with Crippen LogP contribution < -0.4 is 10.1 Å². The van der Waals surface area contributed by atoms with Crippen LogP contribution >= 0.6 is 0 Å². The van der Waals surface area contributed by atoms with Gasteiger partial charge in [-0.15, -0.1) is 0 Å². The molecule has 28 heavy (non-hydrogen) atoms. The number of ether oxygens (including phenoxy) is 1. The first-order valence-electron chi connectivity index (χ1n) is 9.10. The summed E-state index contributed by atoms with van der Waals surface area (Å²) in [6.45, 7) is 0.653. The molecule has 0 aliphatic carbocycles. The first kappa shape index (κ1) is 17.7. The Morgan fingerprint density at radius 3 is 2.43 bits per heavy atom. The molecular weight excluding hydrogens is 350 g/mol. The standard InChI is InChI=1S/C24H19NO3/c26-23-20(13-17-7-3-1-4-8-17)16-28-22-12-11-19(14-21(22)23)24(27)25-15-18-9-5-2-6-10-18/h1-14H,15-16H2,(H,25,27)/b20-13+. The number of ketones is 1. The van der Waals surface area contributed by atoms with Gasteiger partial charge in [-0.1, -0.05) is 60.7 Å². The second-order valence-electron chi connectivity index (χ2n) is 6.58. The van der Waals surface area contributed by atoms with Crippen LogP contribution in [0.3, 0.4) is 0 Å². The first-order valence-corrected chi connectivity index (χ1v) is 9.10. The summed E-state index contributed by atoms with van der Waals surface area (Å²) in [5, 5.41) is 2.88. The summed E-state index contributed by atoms with van der Waals surface area (Å²) in [5.41, 5.74) is 3.38. The van der Waals surface area contributed by atoms with Crippen LogP contribution in [-0.2, 0) is 6.54 Å².